The molecule has 0 aliphatic rings. The van der Waals surface area contributed by atoms with Crippen LogP contribution in [0.2, 0.25) is 0 Å². The third-order valence-corrected chi connectivity index (χ3v) is 3.17. The lowest BCUT2D eigenvalue weighted by molar-refractivity contribution is 0.0526. The molecule has 0 aliphatic carbocycles. The fourth-order valence-corrected chi connectivity index (χ4v) is 2.14. The number of anilines is 1. The van der Waals surface area contributed by atoms with E-state index in [1.54, 1.807) is 19.2 Å². The number of nitrogens with zero attached hydrogens (tertiary/aromatic N) is 2. The number of carbonyl (C=O) groups excluding carboxylic acids is 2. The Bertz CT molecular complexity index is 639. The summed E-state index contributed by atoms with van der Waals surface area (Å²) in [5.74, 6) is -0.485. The Morgan fingerprint density at radius 3 is 2.95 bits per heavy atom. The van der Waals surface area contributed by atoms with Crippen LogP contribution in [-0.2, 0) is 4.74 Å². The molecule has 6 nitrogen and oxygen atoms in total. The second-order valence-corrected chi connectivity index (χ2v) is 4.79. The molecular weight excluding hydrogens is 278 g/mol. The molecule has 1 N–H and O–H groups in total. The van der Waals surface area contributed by atoms with Gasteiger partial charge in [-0.15, -0.1) is 11.3 Å². The van der Waals surface area contributed by atoms with Crippen LogP contribution in [0, 0.1) is 6.92 Å². The Labute approximate surface area is 119 Å². The molecule has 2 aromatic rings. The molecule has 0 spiro atoms. The molecule has 0 atom stereocenters. The summed E-state index contributed by atoms with van der Waals surface area (Å²) in [6, 6.07) is 3.58. The maximum Gasteiger partial charge on any atom is 0.367 e. The van der Waals surface area contributed by atoms with E-state index in [-0.39, 0.29) is 17.3 Å². The number of aryl methyl sites for hydroxylation is 1. The van der Waals surface area contributed by atoms with Gasteiger partial charge >= 0.3 is 5.97 Å². The minimum absolute atomic E-state index is 0.161. The van der Waals surface area contributed by atoms with E-state index in [2.05, 4.69) is 15.3 Å². The summed E-state index contributed by atoms with van der Waals surface area (Å²) in [7, 11) is 0. The molecule has 0 fully saturated rings. The molecule has 0 saturated carbocycles. The Kier molecular flexibility index (Phi) is 4.41. The molecule has 0 radical (unpaired) electrons. The van der Waals surface area contributed by atoms with Crippen LogP contribution in [0.15, 0.2) is 23.7 Å². The van der Waals surface area contributed by atoms with Gasteiger partial charge in [0.15, 0.2) is 0 Å². The van der Waals surface area contributed by atoms with Crippen molar-refractivity contribution in [3.05, 3.63) is 40.0 Å². The minimum atomic E-state index is -0.523. The number of nitrogens with one attached hydrogen (secondary N) is 1. The average molecular weight is 291 g/mol. The van der Waals surface area contributed by atoms with E-state index in [0.717, 1.165) is 16.9 Å². The maximum atomic E-state index is 12.0. The summed E-state index contributed by atoms with van der Waals surface area (Å²) in [5, 5.41) is 4.30. The average Bonchev–Trinajstić information content (AvgIpc) is 2.88. The van der Waals surface area contributed by atoms with Crippen molar-refractivity contribution in [1.29, 1.82) is 0 Å². The first kappa shape index (κ1) is 14.1. The predicted molar refractivity (Wildman–Crippen MR) is 75.0 cm³/mol. The Morgan fingerprint density at radius 2 is 2.25 bits per heavy atom. The molecule has 1 amide bonds. The number of carbonyl (C=O) groups is 2. The second-order valence-electron chi connectivity index (χ2n) is 3.93. The van der Waals surface area contributed by atoms with Gasteiger partial charge in [0.1, 0.15) is 11.5 Å². The van der Waals surface area contributed by atoms with Gasteiger partial charge in [0.05, 0.1) is 6.61 Å². The predicted octanol–water partition coefficient (Wildman–Crippen LogP) is 2.28. The van der Waals surface area contributed by atoms with Gasteiger partial charge < -0.3 is 10.1 Å². The van der Waals surface area contributed by atoms with Crippen molar-refractivity contribution in [2.24, 2.45) is 0 Å². The van der Waals surface area contributed by atoms with E-state index >= 15 is 0 Å². The summed E-state index contributed by atoms with van der Waals surface area (Å²) < 4.78 is 4.82. The van der Waals surface area contributed by atoms with Crippen LogP contribution in [0.5, 0.6) is 0 Å². The molecule has 2 heterocycles. The molecule has 0 unspecified atom stereocenters. The third kappa shape index (κ3) is 3.39. The monoisotopic (exact) mass is 291 g/mol. The standard InChI is InChI=1S/C13H13N3O3S/c1-3-19-13(18)12-15-9(7-20-12)11(17)16-10-6-8(2)4-5-14-10/h4-7H,3H2,1-2H3,(H,14,16,17). The van der Waals surface area contributed by atoms with Gasteiger partial charge in [-0.05, 0) is 31.5 Å². The Morgan fingerprint density at radius 1 is 1.45 bits per heavy atom. The summed E-state index contributed by atoms with van der Waals surface area (Å²) in [5.41, 5.74) is 1.15. The van der Waals surface area contributed by atoms with E-state index < -0.39 is 11.9 Å². The van der Waals surface area contributed by atoms with Crippen LogP contribution < -0.4 is 5.32 Å². The number of aromatic nitrogens is 2. The Hall–Kier alpha value is -2.28. The fraction of sp³-hybridized carbons (Fsp3) is 0.231. The van der Waals surface area contributed by atoms with E-state index in [9.17, 15) is 9.59 Å². The number of thiazole rings is 1. The van der Waals surface area contributed by atoms with Gasteiger partial charge in [-0.3, -0.25) is 4.79 Å². The fourth-order valence-electron chi connectivity index (χ4n) is 1.45. The molecule has 104 valence electrons. The molecule has 0 bridgehead atoms. The molecule has 2 rings (SSSR count). The van der Waals surface area contributed by atoms with Crippen LogP contribution in [-0.4, -0.2) is 28.5 Å². The largest absolute Gasteiger partial charge is 0.461 e. The highest BCUT2D eigenvalue weighted by Crippen LogP contribution is 2.13. The quantitative estimate of drug-likeness (QED) is 0.874. The lowest BCUT2D eigenvalue weighted by atomic mass is 10.3. The van der Waals surface area contributed by atoms with Crippen molar-refractivity contribution in [2.75, 3.05) is 11.9 Å². The van der Waals surface area contributed by atoms with Crippen molar-refractivity contribution in [3.63, 3.8) is 0 Å². The van der Waals surface area contributed by atoms with Crippen LogP contribution in [0.25, 0.3) is 0 Å². The molecule has 7 heteroatoms. The molecule has 0 aliphatic heterocycles. The minimum Gasteiger partial charge on any atom is -0.461 e. The van der Waals surface area contributed by atoms with Crippen molar-refractivity contribution < 1.29 is 14.3 Å². The number of hydrogen-bond acceptors (Lipinski definition) is 6. The molecular formula is C13H13N3O3S. The van der Waals surface area contributed by atoms with Gasteiger partial charge in [-0.2, -0.15) is 0 Å². The summed E-state index contributed by atoms with van der Waals surface area (Å²) in [6.45, 7) is 3.88. The first-order valence-electron chi connectivity index (χ1n) is 5.97. The number of amides is 1. The highest BCUT2D eigenvalue weighted by molar-refractivity contribution is 7.11. The SMILES string of the molecule is CCOC(=O)c1nc(C(=O)Nc2cc(C)ccn2)cs1. The van der Waals surface area contributed by atoms with E-state index in [0.29, 0.717) is 5.82 Å². The highest BCUT2D eigenvalue weighted by atomic mass is 32.1. The van der Waals surface area contributed by atoms with Crippen molar-refractivity contribution in [3.8, 4) is 0 Å². The van der Waals surface area contributed by atoms with Gasteiger partial charge in [-0.1, -0.05) is 0 Å². The third-order valence-electron chi connectivity index (χ3n) is 2.34. The van der Waals surface area contributed by atoms with Gasteiger partial charge in [0.25, 0.3) is 5.91 Å². The maximum absolute atomic E-state index is 12.0. The molecule has 0 saturated heterocycles. The summed E-state index contributed by atoms with van der Waals surface area (Å²) >= 11 is 1.07. The molecule has 0 aromatic carbocycles. The van der Waals surface area contributed by atoms with Gasteiger partial charge in [0, 0.05) is 11.6 Å². The zero-order valence-electron chi connectivity index (χ0n) is 11.0. The van der Waals surface area contributed by atoms with Crippen molar-refractivity contribution in [1.82, 2.24) is 9.97 Å². The number of rotatable bonds is 4. The Balaban J connectivity index is 2.08. The molecule has 2 aromatic heterocycles. The van der Waals surface area contributed by atoms with Crippen molar-refractivity contribution >= 4 is 29.0 Å². The number of esters is 1. The van der Waals surface area contributed by atoms with E-state index in [1.165, 1.54) is 5.38 Å². The topological polar surface area (TPSA) is 81.2 Å². The molecule has 20 heavy (non-hydrogen) atoms. The number of pyridine rings is 1. The van der Waals surface area contributed by atoms with Crippen LogP contribution in [0.4, 0.5) is 5.82 Å². The summed E-state index contributed by atoms with van der Waals surface area (Å²) in [4.78, 5) is 31.4. The van der Waals surface area contributed by atoms with Crippen molar-refractivity contribution in [2.45, 2.75) is 13.8 Å². The van der Waals surface area contributed by atoms with E-state index in [1.807, 2.05) is 13.0 Å². The first-order chi connectivity index (χ1) is 9.60. The number of hydrogen-bond donors (Lipinski definition) is 1. The lowest BCUT2D eigenvalue weighted by Gasteiger charge is -2.02. The van der Waals surface area contributed by atoms with Crippen LogP contribution in [0.3, 0.4) is 0 Å². The highest BCUT2D eigenvalue weighted by Gasteiger charge is 2.16. The normalized spacial score (nSPS) is 10.1. The zero-order chi connectivity index (χ0) is 14.5. The van der Waals surface area contributed by atoms with E-state index in [4.69, 9.17) is 4.74 Å². The number of ether oxygens (including phenoxy) is 1. The van der Waals surface area contributed by atoms with Gasteiger partial charge in [-0.25, -0.2) is 14.8 Å². The van der Waals surface area contributed by atoms with Crippen LogP contribution in [0.1, 0.15) is 32.8 Å². The van der Waals surface area contributed by atoms with Gasteiger partial charge in [0.2, 0.25) is 5.01 Å². The summed E-state index contributed by atoms with van der Waals surface area (Å²) in [6.07, 6.45) is 1.61. The lowest BCUT2D eigenvalue weighted by Crippen LogP contribution is -2.14. The first-order valence-corrected chi connectivity index (χ1v) is 6.84. The zero-order valence-corrected chi connectivity index (χ0v) is 11.9. The second kappa shape index (κ2) is 6.25. The van der Waals surface area contributed by atoms with Crippen LogP contribution >= 0.6 is 11.3 Å². The smallest absolute Gasteiger partial charge is 0.367 e.